The van der Waals surface area contributed by atoms with Crippen molar-refractivity contribution in [2.75, 3.05) is 6.61 Å². The van der Waals surface area contributed by atoms with E-state index in [1.165, 1.54) is 30.5 Å². The summed E-state index contributed by atoms with van der Waals surface area (Å²) in [4.78, 5) is 0. The second-order valence-corrected chi connectivity index (χ2v) is 15.0. The predicted octanol–water partition coefficient (Wildman–Crippen LogP) is 7.16. The van der Waals surface area contributed by atoms with E-state index in [2.05, 4.69) is 84.5 Å². The number of fused-ring (bicyclic) bond motifs is 1. The fourth-order valence-electron chi connectivity index (χ4n) is 6.12. The Balaban J connectivity index is 2.22. The second-order valence-electron chi connectivity index (χ2n) is 10.1. The predicted molar refractivity (Wildman–Crippen MR) is 130 cm³/mol. The summed E-state index contributed by atoms with van der Waals surface area (Å²) >= 11 is 0. The fourth-order valence-corrected chi connectivity index (χ4v) is 11.9. The van der Waals surface area contributed by atoms with Crippen LogP contribution in [0.4, 0.5) is 0 Å². The maximum atomic E-state index is 6.47. The highest BCUT2D eigenvalue weighted by Gasteiger charge is 2.51. The Morgan fingerprint density at radius 3 is 2.55 bits per heavy atom. The third-order valence-corrected chi connectivity index (χ3v) is 13.5. The van der Waals surface area contributed by atoms with Crippen LogP contribution in [0.5, 0.6) is 5.75 Å². The molecule has 1 fully saturated rings. The summed E-state index contributed by atoms with van der Waals surface area (Å²) in [5.74, 6) is 2.68. The summed E-state index contributed by atoms with van der Waals surface area (Å²) in [6.07, 6.45) is 11.6. The molecule has 1 aromatic carbocycles. The number of hydrogen-bond acceptors (Lipinski definition) is 1. The quantitative estimate of drug-likeness (QED) is 0.343. The minimum Gasteiger partial charge on any atom is -0.489 e. The van der Waals surface area contributed by atoms with Crippen molar-refractivity contribution in [1.29, 1.82) is 0 Å². The van der Waals surface area contributed by atoms with Crippen LogP contribution in [0.1, 0.15) is 59.9 Å². The molecule has 1 nitrogen and oxygen atoms in total. The lowest BCUT2D eigenvalue weighted by molar-refractivity contribution is 0.353. The Hall–Kier alpha value is -1.54. The van der Waals surface area contributed by atoms with Crippen LogP contribution in [0, 0.1) is 11.8 Å². The highest BCUT2D eigenvalue weighted by molar-refractivity contribution is 6.94. The van der Waals surface area contributed by atoms with Crippen LogP contribution in [-0.2, 0) is 5.41 Å². The molecule has 2 aliphatic rings. The number of benzene rings is 1. The van der Waals surface area contributed by atoms with E-state index >= 15 is 0 Å². The van der Waals surface area contributed by atoms with Crippen LogP contribution in [0.25, 0.3) is 0 Å². The maximum absolute atomic E-state index is 6.47. The van der Waals surface area contributed by atoms with E-state index in [-0.39, 0.29) is 5.41 Å². The van der Waals surface area contributed by atoms with Gasteiger partial charge < -0.3 is 4.74 Å². The molecule has 1 saturated carbocycles. The van der Waals surface area contributed by atoms with Crippen molar-refractivity contribution in [3.63, 3.8) is 0 Å². The minimum atomic E-state index is -1.82. The van der Waals surface area contributed by atoms with E-state index in [1.54, 1.807) is 10.8 Å². The van der Waals surface area contributed by atoms with Gasteiger partial charge in [0.05, 0.1) is 8.07 Å². The number of hydrogen-bond donors (Lipinski definition) is 0. The molecule has 3 atom stereocenters. The first-order valence-corrected chi connectivity index (χ1v) is 14.0. The zero-order valence-electron chi connectivity index (χ0n) is 19.4. The molecule has 29 heavy (non-hydrogen) atoms. The van der Waals surface area contributed by atoms with Crippen molar-refractivity contribution in [3.05, 3.63) is 60.2 Å². The first kappa shape index (κ1) is 22.1. The van der Waals surface area contributed by atoms with Crippen LogP contribution >= 0.6 is 0 Å². The maximum Gasteiger partial charge on any atom is 0.122 e. The van der Waals surface area contributed by atoms with Gasteiger partial charge in [0.1, 0.15) is 12.4 Å². The lowest BCUT2D eigenvalue weighted by Gasteiger charge is -2.42. The summed E-state index contributed by atoms with van der Waals surface area (Å²) in [7, 11) is -1.82. The number of para-hydroxylation sites is 1. The van der Waals surface area contributed by atoms with Gasteiger partial charge in [0, 0.05) is 0 Å². The molecule has 0 N–H and O–H groups in total. The molecule has 0 aliphatic heterocycles. The number of rotatable bonds is 7. The topological polar surface area (TPSA) is 9.23 Å². The van der Waals surface area contributed by atoms with E-state index in [0.29, 0.717) is 12.1 Å². The molecule has 2 heteroatoms. The van der Waals surface area contributed by atoms with E-state index in [1.807, 2.05) is 6.08 Å². The Morgan fingerprint density at radius 2 is 1.93 bits per heavy atom. The van der Waals surface area contributed by atoms with Gasteiger partial charge in [-0.15, -0.1) is 0 Å². The average Bonchev–Trinajstić information content (AvgIpc) is 3.04. The molecule has 0 saturated heterocycles. The first-order valence-electron chi connectivity index (χ1n) is 11.5. The van der Waals surface area contributed by atoms with Crippen LogP contribution in [0.15, 0.2) is 54.7 Å². The van der Waals surface area contributed by atoms with Gasteiger partial charge in [-0.25, -0.2) is 0 Å². The van der Waals surface area contributed by atoms with E-state index < -0.39 is 8.07 Å². The smallest absolute Gasteiger partial charge is 0.122 e. The second kappa shape index (κ2) is 8.68. The third-order valence-electron chi connectivity index (χ3n) is 7.46. The number of allylic oxidation sites excluding steroid dienone is 4. The summed E-state index contributed by atoms with van der Waals surface area (Å²) in [5, 5.41) is 1.55. The van der Waals surface area contributed by atoms with Crippen molar-refractivity contribution in [1.82, 2.24) is 0 Å². The minimum absolute atomic E-state index is 0.0603. The van der Waals surface area contributed by atoms with E-state index in [9.17, 15) is 0 Å². The molecule has 2 aliphatic carbocycles. The highest BCUT2D eigenvalue weighted by Crippen LogP contribution is 2.55. The van der Waals surface area contributed by atoms with Crippen LogP contribution in [0.2, 0.25) is 17.6 Å². The van der Waals surface area contributed by atoms with Gasteiger partial charge in [0.2, 0.25) is 0 Å². The van der Waals surface area contributed by atoms with Crippen molar-refractivity contribution in [3.8, 4) is 5.75 Å². The first-order chi connectivity index (χ1) is 13.8. The summed E-state index contributed by atoms with van der Waals surface area (Å²) in [5.41, 5.74) is 3.86. The number of ether oxygens (including phenoxy) is 1. The Labute approximate surface area is 180 Å². The van der Waals surface area contributed by atoms with Gasteiger partial charge in [-0.05, 0) is 46.4 Å². The average molecular weight is 409 g/mol. The molecule has 0 aromatic heterocycles. The summed E-state index contributed by atoms with van der Waals surface area (Å²) in [6.45, 7) is 18.8. The van der Waals surface area contributed by atoms with Gasteiger partial charge in [0.25, 0.3) is 0 Å². The zero-order chi connectivity index (χ0) is 21.2. The molecule has 0 radical (unpaired) electrons. The standard InChI is InChI=1S/C27H40OSi/c1-8-18-28-25-23(27(5,6)7)16-13-17-24(25)29(9-2,10-3)26-20(4)19-21-14-11-12-15-22(21)26/h8,11-13,15-17,20-21,26H,1,9-10,14,18-19H2,2-7H3. The van der Waals surface area contributed by atoms with Gasteiger partial charge in [-0.3, -0.25) is 0 Å². The molecule has 0 amide bonds. The van der Waals surface area contributed by atoms with Gasteiger partial charge in [0.15, 0.2) is 0 Å². The Kier molecular flexibility index (Phi) is 6.63. The monoisotopic (exact) mass is 408 g/mol. The molecule has 3 rings (SSSR count). The zero-order valence-corrected chi connectivity index (χ0v) is 20.4. The summed E-state index contributed by atoms with van der Waals surface area (Å²) < 4.78 is 6.47. The van der Waals surface area contributed by atoms with Gasteiger partial charge >= 0.3 is 0 Å². The SMILES string of the molecule is C=CCOc1c(C(C)(C)C)cccc1[Si](CC)(CC)C1C2=CC=CCC2CC1C. The molecule has 158 valence electrons. The molecule has 1 aromatic rings. The largest absolute Gasteiger partial charge is 0.489 e. The van der Waals surface area contributed by atoms with Crippen LogP contribution in [-0.4, -0.2) is 14.7 Å². The van der Waals surface area contributed by atoms with Crippen molar-refractivity contribution in [2.45, 2.75) is 77.4 Å². The third kappa shape index (κ3) is 3.93. The normalized spacial score (nSPS) is 24.2. The molecule has 0 bridgehead atoms. The molecule has 0 heterocycles. The lowest BCUT2D eigenvalue weighted by Crippen LogP contribution is -2.53. The van der Waals surface area contributed by atoms with Gasteiger partial charge in [-0.2, -0.15) is 0 Å². The highest BCUT2D eigenvalue weighted by atomic mass is 28.3. The van der Waals surface area contributed by atoms with Crippen LogP contribution < -0.4 is 9.92 Å². The van der Waals surface area contributed by atoms with E-state index in [0.717, 1.165) is 17.6 Å². The van der Waals surface area contributed by atoms with Crippen molar-refractivity contribution < 1.29 is 4.74 Å². The summed E-state index contributed by atoms with van der Waals surface area (Å²) in [6, 6.07) is 9.51. The molecule has 0 spiro atoms. The Morgan fingerprint density at radius 1 is 1.21 bits per heavy atom. The van der Waals surface area contributed by atoms with Crippen molar-refractivity contribution >= 4 is 13.3 Å². The van der Waals surface area contributed by atoms with E-state index in [4.69, 9.17) is 4.74 Å². The molecule has 3 unspecified atom stereocenters. The molecular weight excluding hydrogens is 368 g/mol. The lowest BCUT2D eigenvalue weighted by atomic mass is 9.86. The van der Waals surface area contributed by atoms with Gasteiger partial charge in [-0.1, -0.05) is 108 Å². The fraction of sp³-hybridized carbons (Fsp3) is 0.556. The van der Waals surface area contributed by atoms with Crippen molar-refractivity contribution in [2.24, 2.45) is 11.8 Å². The van der Waals surface area contributed by atoms with Crippen LogP contribution in [0.3, 0.4) is 0 Å². The Bertz CT molecular complexity index is 791. The molecular formula is C27H40OSi.